The number of rotatable bonds is 6. The molecule has 9 heteroatoms. The van der Waals surface area contributed by atoms with E-state index in [-0.39, 0.29) is 12.5 Å². The van der Waals surface area contributed by atoms with Crippen LogP contribution in [0.25, 0.3) is 0 Å². The topological polar surface area (TPSA) is 116 Å². The summed E-state index contributed by atoms with van der Waals surface area (Å²) in [7, 11) is 0. The fourth-order valence-electron chi connectivity index (χ4n) is 2.23. The number of carbonyl (C=O) groups is 1. The molecule has 0 saturated heterocycles. The Morgan fingerprint density at radius 1 is 1.12 bits per heavy atom. The molecule has 25 heavy (non-hydrogen) atoms. The summed E-state index contributed by atoms with van der Waals surface area (Å²) in [6.07, 6.45) is 5.42. The summed E-state index contributed by atoms with van der Waals surface area (Å²) < 4.78 is 1.12. The first-order chi connectivity index (χ1) is 12.1. The van der Waals surface area contributed by atoms with Crippen LogP contribution in [0.3, 0.4) is 0 Å². The van der Waals surface area contributed by atoms with Crippen molar-refractivity contribution in [1.82, 2.24) is 19.7 Å². The fraction of sp³-hybridized carbons (Fsp3) is 0.125. The van der Waals surface area contributed by atoms with E-state index < -0.39 is 10.9 Å². The second-order valence-corrected chi connectivity index (χ2v) is 5.28. The van der Waals surface area contributed by atoms with E-state index in [1.165, 1.54) is 0 Å². The van der Waals surface area contributed by atoms with Gasteiger partial charge in [-0.2, -0.15) is 4.68 Å². The van der Waals surface area contributed by atoms with Gasteiger partial charge >= 0.3 is 5.95 Å². The van der Waals surface area contributed by atoms with E-state index >= 15 is 0 Å². The molecule has 0 bridgehead atoms. The van der Waals surface area contributed by atoms with Gasteiger partial charge in [0.2, 0.25) is 12.2 Å². The smallest absolute Gasteiger partial charge is 0.390 e. The molecule has 0 radical (unpaired) electrons. The van der Waals surface area contributed by atoms with Gasteiger partial charge in [-0.05, 0) is 46.7 Å². The highest BCUT2D eigenvalue weighted by Gasteiger charge is 2.15. The van der Waals surface area contributed by atoms with E-state index in [1.807, 2.05) is 24.3 Å². The van der Waals surface area contributed by atoms with Crippen molar-refractivity contribution in [1.29, 1.82) is 0 Å². The number of hydrogen-bond acceptors (Lipinski definition) is 6. The molecule has 2 heterocycles. The number of anilines is 1. The molecule has 0 aliphatic carbocycles. The first-order valence-electron chi connectivity index (χ1n) is 7.42. The van der Waals surface area contributed by atoms with Crippen LogP contribution in [0.5, 0.6) is 0 Å². The standard InChI is InChI=1S/C16H14N6O3/c23-15(10-21-11-18-16(20-21)22(24)25)19-14-3-1-12(2-4-14)9-13-5-7-17-8-6-13/h1-8,11H,9-10H2,(H,19,23). The molecule has 1 aromatic carbocycles. The quantitative estimate of drug-likeness (QED) is 0.541. The Bertz CT molecular complexity index is 876. The number of benzene rings is 1. The van der Waals surface area contributed by atoms with E-state index in [4.69, 9.17) is 0 Å². The van der Waals surface area contributed by atoms with Crippen LogP contribution in [-0.2, 0) is 17.8 Å². The van der Waals surface area contributed by atoms with Crippen LogP contribution in [0.4, 0.5) is 11.6 Å². The highest BCUT2D eigenvalue weighted by Crippen LogP contribution is 2.13. The number of nitrogens with zero attached hydrogens (tertiary/aromatic N) is 5. The Kier molecular flexibility index (Phi) is 4.74. The molecule has 0 spiro atoms. The van der Waals surface area contributed by atoms with Crippen molar-refractivity contribution in [2.24, 2.45) is 0 Å². The zero-order chi connectivity index (χ0) is 17.6. The minimum atomic E-state index is -0.712. The summed E-state index contributed by atoms with van der Waals surface area (Å²) in [5.74, 6) is -0.880. The van der Waals surface area contributed by atoms with Crippen molar-refractivity contribution in [3.05, 3.63) is 76.4 Å². The third kappa shape index (κ3) is 4.44. The highest BCUT2D eigenvalue weighted by atomic mass is 16.6. The first kappa shape index (κ1) is 16.2. The Hall–Kier alpha value is -3.62. The largest absolute Gasteiger partial charge is 0.490 e. The van der Waals surface area contributed by atoms with Gasteiger partial charge < -0.3 is 15.4 Å². The van der Waals surface area contributed by atoms with Crippen LogP contribution in [0.1, 0.15) is 11.1 Å². The maximum atomic E-state index is 12.0. The lowest BCUT2D eigenvalue weighted by atomic mass is 10.1. The highest BCUT2D eigenvalue weighted by molar-refractivity contribution is 5.90. The van der Waals surface area contributed by atoms with Crippen molar-refractivity contribution >= 4 is 17.5 Å². The molecule has 0 atom stereocenters. The van der Waals surface area contributed by atoms with Gasteiger partial charge in [-0.25, -0.2) is 0 Å². The van der Waals surface area contributed by atoms with Crippen molar-refractivity contribution in [3.63, 3.8) is 0 Å². The SMILES string of the molecule is O=C(Cn1cnc([N+](=O)[O-])n1)Nc1ccc(Cc2ccncc2)cc1. The van der Waals surface area contributed by atoms with Gasteiger partial charge in [-0.3, -0.25) is 9.78 Å². The Labute approximate surface area is 142 Å². The molecule has 1 N–H and O–H groups in total. The molecule has 3 rings (SSSR count). The molecule has 1 amide bonds. The Balaban J connectivity index is 1.57. The van der Waals surface area contributed by atoms with Crippen molar-refractivity contribution < 1.29 is 9.72 Å². The minimum Gasteiger partial charge on any atom is -0.390 e. The monoisotopic (exact) mass is 338 g/mol. The van der Waals surface area contributed by atoms with E-state index in [2.05, 4.69) is 20.4 Å². The number of nitro groups is 1. The van der Waals surface area contributed by atoms with Crippen molar-refractivity contribution in [3.8, 4) is 0 Å². The van der Waals surface area contributed by atoms with Crippen LogP contribution in [0.2, 0.25) is 0 Å². The number of aromatic nitrogens is 4. The third-order valence-electron chi connectivity index (χ3n) is 3.39. The van der Waals surface area contributed by atoms with Gasteiger partial charge in [0, 0.05) is 23.2 Å². The summed E-state index contributed by atoms with van der Waals surface area (Å²) in [4.78, 5) is 29.2. The molecular weight excluding hydrogens is 324 g/mol. The lowest BCUT2D eigenvalue weighted by Gasteiger charge is -2.06. The van der Waals surface area contributed by atoms with Crippen LogP contribution < -0.4 is 5.32 Å². The maximum absolute atomic E-state index is 12.0. The van der Waals surface area contributed by atoms with Crippen molar-refractivity contribution in [2.45, 2.75) is 13.0 Å². The summed E-state index contributed by atoms with van der Waals surface area (Å²) in [6.45, 7) is -0.153. The van der Waals surface area contributed by atoms with Gasteiger partial charge in [0.25, 0.3) is 0 Å². The first-order valence-corrected chi connectivity index (χ1v) is 7.42. The summed E-state index contributed by atoms with van der Waals surface area (Å²) >= 11 is 0. The van der Waals surface area contributed by atoms with Crippen LogP contribution in [-0.4, -0.2) is 30.6 Å². The van der Waals surface area contributed by atoms with E-state index in [0.29, 0.717) is 5.69 Å². The molecule has 2 aromatic heterocycles. The van der Waals surface area contributed by atoms with Crippen LogP contribution in [0, 0.1) is 10.1 Å². The van der Waals surface area contributed by atoms with E-state index in [9.17, 15) is 14.9 Å². The molecule has 9 nitrogen and oxygen atoms in total. The normalized spacial score (nSPS) is 10.4. The zero-order valence-corrected chi connectivity index (χ0v) is 13.1. The second-order valence-electron chi connectivity index (χ2n) is 5.28. The molecule has 3 aromatic rings. The number of amides is 1. The molecule has 0 aliphatic heterocycles. The molecule has 0 unspecified atom stereocenters. The van der Waals surface area contributed by atoms with Gasteiger partial charge in [0.05, 0.1) is 0 Å². The average molecular weight is 338 g/mol. The summed E-state index contributed by atoms with van der Waals surface area (Å²) in [5, 5.41) is 16.8. The third-order valence-corrected chi connectivity index (χ3v) is 3.39. The number of carbonyl (C=O) groups excluding carboxylic acids is 1. The zero-order valence-electron chi connectivity index (χ0n) is 13.1. The predicted molar refractivity (Wildman–Crippen MR) is 88.8 cm³/mol. The molecule has 0 aliphatic rings. The summed E-state index contributed by atoms with van der Waals surface area (Å²) in [5.41, 5.74) is 2.90. The predicted octanol–water partition coefficient (Wildman–Crippen LogP) is 1.81. The minimum absolute atomic E-state index is 0.153. The number of pyridine rings is 1. The Morgan fingerprint density at radius 3 is 2.44 bits per heavy atom. The molecular formula is C16H14N6O3. The van der Waals surface area contributed by atoms with E-state index in [0.717, 1.165) is 28.6 Å². The molecule has 0 saturated carbocycles. The lowest BCUT2D eigenvalue weighted by molar-refractivity contribution is -0.394. The lowest BCUT2D eigenvalue weighted by Crippen LogP contribution is -2.19. The maximum Gasteiger partial charge on any atom is 0.490 e. The average Bonchev–Trinajstić information content (AvgIpc) is 3.06. The molecule has 126 valence electrons. The number of nitrogens with one attached hydrogen (secondary N) is 1. The van der Waals surface area contributed by atoms with Crippen molar-refractivity contribution in [2.75, 3.05) is 5.32 Å². The van der Waals surface area contributed by atoms with Crippen LogP contribution >= 0.6 is 0 Å². The fourth-order valence-corrected chi connectivity index (χ4v) is 2.23. The van der Waals surface area contributed by atoms with Gasteiger partial charge in [-0.1, -0.05) is 17.1 Å². The van der Waals surface area contributed by atoms with E-state index in [1.54, 1.807) is 24.5 Å². The van der Waals surface area contributed by atoms with Gasteiger partial charge in [0.1, 0.15) is 6.54 Å². The van der Waals surface area contributed by atoms with Crippen LogP contribution in [0.15, 0.2) is 55.1 Å². The Morgan fingerprint density at radius 2 is 1.80 bits per heavy atom. The molecule has 0 fully saturated rings. The second kappa shape index (κ2) is 7.30. The number of hydrogen-bond donors (Lipinski definition) is 1. The van der Waals surface area contributed by atoms with Gasteiger partial charge in [-0.15, -0.1) is 0 Å². The summed E-state index contributed by atoms with van der Waals surface area (Å²) in [6, 6.07) is 11.4. The van der Waals surface area contributed by atoms with Gasteiger partial charge in [0.15, 0.2) is 0 Å².